The van der Waals surface area contributed by atoms with Crippen molar-refractivity contribution in [3.05, 3.63) is 0 Å². The minimum absolute atomic E-state index is 0.0699. The van der Waals surface area contributed by atoms with Crippen molar-refractivity contribution in [1.29, 1.82) is 0 Å². The average Bonchev–Trinajstić information content (AvgIpc) is 3.36. The first-order chi connectivity index (χ1) is 19.4. The molecule has 9 heteroatoms. The first kappa shape index (κ1) is 29.4. The fourth-order valence-corrected chi connectivity index (χ4v) is 11.6. The van der Waals surface area contributed by atoms with Gasteiger partial charge in [0.15, 0.2) is 12.1 Å². The molecular formula is C32H52O9. The van der Waals surface area contributed by atoms with Crippen molar-refractivity contribution in [2.75, 3.05) is 13.2 Å². The average molecular weight is 581 g/mol. The van der Waals surface area contributed by atoms with E-state index in [1.165, 1.54) is 0 Å². The van der Waals surface area contributed by atoms with Gasteiger partial charge in [-0.15, -0.1) is 0 Å². The van der Waals surface area contributed by atoms with E-state index in [4.69, 9.17) is 18.9 Å². The SMILES string of the molecule is CC1CCC2(OC1)OC1CC3C4CCC5CC(O)C(O)CC5(C)C4C(OC4OCC(O)C(O)C4O)CC3(C)C1C2C. The monoisotopic (exact) mass is 580 g/mol. The molecule has 3 saturated heterocycles. The summed E-state index contributed by atoms with van der Waals surface area (Å²) in [5, 5.41) is 52.9. The first-order valence-corrected chi connectivity index (χ1v) is 16.4. The maximum atomic E-state index is 10.9. The smallest absolute Gasteiger partial charge is 0.186 e. The minimum atomic E-state index is -1.35. The zero-order chi connectivity index (χ0) is 29.1. The van der Waals surface area contributed by atoms with Crippen LogP contribution in [0.5, 0.6) is 0 Å². The van der Waals surface area contributed by atoms with Crippen molar-refractivity contribution in [2.45, 2.75) is 134 Å². The van der Waals surface area contributed by atoms with Crippen LogP contribution in [-0.2, 0) is 18.9 Å². The van der Waals surface area contributed by atoms with E-state index in [9.17, 15) is 25.5 Å². The summed E-state index contributed by atoms with van der Waals surface area (Å²) >= 11 is 0. The number of fused-ring (bicyclic) bond motifs is 7. The van der Waals surface area contributed by atoms with Crippen LogP contribution in [0.4, 0.5) is 0 Å². The molecule has 0 radical (unpaired) electrons. The van der Waals surface area contributed by atoms with Crippen molar-refractivity contribution < 1.29 is 44.5 Å². The van der Waals surface area contributed by atoms with Gasteiger partial charge in [-0.2, -0.15) is 0 Å². The Bertz CT molecular complexity index is 986. The van der Waals surface area contributed by atoms with Crippen LogP contribution in [-0.4, -0.2) is 93.6 Å². The van der Waals surface area contributed by atoms with Gasteiger partial charge in [0, 0.05) is 12.3 Å². The van der Waals surface area contributed by atoms with E-state index >= 15 is 0 Å². The van der Waals surface area contributed by atoms with Crippen molar-refractivity contribution in [2.24, 2.45) is 52.3 Å². The zero-order valence-electron chi connectivity index (χ0n) is 25.1. The van der Waals surface area contributed by atoms with E-state index in [1.54, 1.807) is 0 Å². The lowest BCUT2D eigenvalue weighted by atomic mass is 9.43. The molecule has 3 heterocycles. The highest BCUT2D eigenvalue weighted by Crippen LogP contribution is 2.71. The maximum absolute atomic E-state index is 10.9. The second-order valence-electron chi connectivity index (χ2n) is 15.8. The lowest BCUT2D eigenvalue weighted by Crippen LogP contribution is -2.63. The second-order valence-corrected chi connectivity index (χ2v) is 15.8. The van der Waals surface area contributed by atoms with Gasteiger partial charge in [0.2, 0.25) is 0 Å². The molecule has 7 fully saturated rings. The van der Waals surface area contributed by atoms with Crippen LogP contribution in [0, 0.1) is 52.3 Å². The fraction of sp³-hybridized carbons (Fsp3) is 1.00. The fourth-order valence-electron chi connectivity index (χ4n) is 11.6. The molecule has 0 aromatic rings. The van der Waals surface area contributed by atoms with Gasteiger partial charge < -0.3 is 44.5 Å². The Kier molecular flexibility index (Phi) is 7.21. The van der Waals surface area contributed by atoms with Gasteiger partial charge in [-0.3, -0.25) is 0 Å². The molecule has 18 atom stereocenters. The molecule has 0 aromatic carbocycles. The summed E-state index contributed by atoms with van der Waals surface area (Å²) in [6.07, 6.45) is 0.498. The van der Waals surface area contributed by atoms with Crippen LogP contribution in [0.25, 0.3) is 0 Å². The molecule has 1 spiro atoms. The molecule has 234 valence electrons. The van der Waals surface area contributed by atoms with Crippen LogP contribution >= 0.6 is 0 Å². The van der Waals surface area contributed by atoms with Crippen LogP contribution in [0.15, 0.2) is 0 Å². The number of rotatable bonds is 2. The topological polar surface area (TPSA) is 138 Å². The van der Waals surface area contributed by atoms with Gasteiger partial charge in [0.25, 0.3) is 0 Å². The Hall–Kier alpha value is -0.360. The van der Waals surface area contributed by atoms with Gasteiger partial charge in [0.1, 0.15) is 18.3 Å². The van der Waals surface area contributed by atoms with Gasteiger partial charge in [-0.05, 0) is 91.3 Å². The summed E-state index contributed by atoms with van der Waals surface area (Å²) in [6.45, 7) is 9.90. The molecule has 18 unspecified atom stereocenters. The third kappa shape index (κ3) is 4.27. The van der Waals surface area contributed by atoms with Crippen molar-refractivity contribution >= 4 is 0 Å². The predicted molar refractivity (Wildman–Crippen MR) is 147 cm³/mol. The molecule has 7 aliphatic rings. The normalized spacial score (nSPS) is 62.1. The summed E-state index contributed by atoms with van der Waals surface area (Å²) in [7, 11) is 0. The number of ether oxygens (including phenoxy) is 4. The van der Waals surface area contributed by atoms with Crippen molar-refractivity contribution in [3.63, 3.8) is 0 Å². The van der Waals surface area contributed by atoms with E-state index < -0.39 is 42.6 Å². The summed E-state index contributed by atoms with van der Waals surface area (Å²) in [6, 6.07) is 0. The molecule has 5 N–H and O–H groups in total. The van der Waals surface area contributed by atoms with Crippen molar-refractivity contribution in [1.82, 2.24) is 0 Å². The Morgan fingerprint density at radius 2 is 1.56 bits per heavy atom. The van der Waals surface area contributed by atoms with E-state index in [-0.39, 0.29) is 47.4 Å². The minimum Gasteiger partial charge on any atom is -0.390 e. The first-order valence-electron chi connectivity index (χ1n) is 16.4. The number of hydrogen-bond acceptors (Lipinski definition) is 9. The standard InChI is InChI=1S/C32H52O9/c1-15-7-8-32(39-13-15)16(2)25-23(41-32)10-19-18-6-5-17-9-20(33)21(34)11-30(17,3)26(18)24(12-31(19,25)4)40-29-28(37)27(36)22(35)14-38-29/h15-29,33-37H,5-14H2,1-4H3. The highest BCUT2D eigenvalue weighted by atomic mass is 16.7. The van der Waals surface area contributed by atoms with Crippen LogP contribution in [0.3, 0.4) is 0 Å². The van der Waals surface area contributed by atoms with Gasteiger partial charge in [-0.1, -0.05) is 27.7 Å². The Morgan fingerprint density at radius 3 is 2.29 bits per heavy atom. The lowest BCUT2D eigenvalue weighted by molar-refractivity contribution is -0.312. The van der Waals surface area contributed by atoms with Gasteiger partial charge in [-0.25, -0.2) is 0 Å². The highest BCUT2D eigenvalue weighted by molar-refractivity contribution is 5.18. The van der Waals surface area contributed by atoms with Crippen LogP contribution < -0.4 is 0 Å². The quantitative estimate of drug-likeness (QED) is 0.333. The summed E-state index contributed by atoms with van der Waals surface area (Å²) in [5.74, 6) is 1.78. The third-order valence-electron chi connectivity index (χ3n) is 13.6. The Morgan fingerprint density at radius 1 is 0.780 bits per heavy atom. The van der Waals surface area contributed by atoms with Gasteiger partial charge in [0.05, 0.1) is 37.6 Å². The summed E-state index contributed by atoms with van der Waals surface area (Å²) in [4.78, 5) is 0. The number of aliphatic hydroxyl groups excluding tert-OH is 5. The van der Waals surface area contributed by atoms with E-state index in [2.05, 4.69) is 27.7 Å². The zero-order valence-corrected chi connectivity index (χ0v) is 25.1. The molecule has 3 aliphatic heterocycles. The largest absolute Gasteiger partial charge is 0.390 e. The maximum Gasteiger partial charge on any atom is 0.186 e. The van der Waals surface area contributed by atoms with Crippen LogP contribution in [0.2, 0.25) is 0 Å². The third-order valence-corrected chi connectivity index (χ3v) is 13.6. The molecule has 7 rings (SSSR count). The molecular weight excluding hydrogens is 528 g/mol. The van der Waals surface area contributed by atoms with E-state index in [0.29, 0.717) is 36.5 Å². The summed E-state index contributed by atoms with van der Waals surface area (Å²) < 4.78 is 26.0. The Labute approximate surface area is 243 Å². The molecule has 9 nitrogen and oxygen atoms in total. The highest BCUT2D eigenvalue weighted by Gasteiger charge is 2.71. The molecule has 4 aliphatic carbocycles. The van der Waals surface area contributed by atoms with Crippen molar-refractivity contribution in [3.8, 4) is 0 Å². The van der Waals surface area contributed by atoms with Gasteiger partial charge >= 0.3 is 0 Å². The predicted octanol–water partition coefficient (Wildman–Crippen LogP) is 2.20. The molecule has 0 amide bonds. The molecule has 0 aromatic heterocycles. The lowest BCUT2D eigenvalue weighted by Gasteiger charge is -2.64. The Balaban J connectivity index is 1.23. The van der Waals surface area contributed by atoms with Crippen LogP contribution in [0.1, 0.15) is 79.1 Å². The molecule has 0 bridgehead atoms. The van der Waals surface area contributed by atoms with E-state index in [0.717, 1.165) is 45.1 Å². The second kappa shape index (κ2) is 10.1. The van der Waals surface area contributed by atoms with E-state index in [1.807, 2.05) is 0 Å². The number of hydrogen-bond donors (Lipinski definition) is 5. The molecule has 4 saturated carbocycles. The molecule has 41 heavy (non-hydrogen) atoms. The summed E-state index contributed by atoms with van der Waals surface area (Å²) in [5.41, 5.74) is -0.307. The number of aliphatic hydroxyl groups is 5.